The zero-order chi connectivity index (χ0) is 22.7. The van der Waals surface area contributed by atoms with E-state index >= 15 is 0 Å². The van der Waals surface area contributed by atoms with Gasteiger partial charge in [0, 0.05) is 23.7 Å². The summed E-state index contributed by atoms with van der Waals surface area (Å²) in [5, 5.41) is 11.7. The average Bonchev–Trinajstić information content (AvgIpc) is 3.25. The van der Waals surface area contributed by atoms with Gasteiger partial charge in [0.25, 0.3) is 0 Å². The number of hydrogen-bond donors (Lipinski definition) is 2. The fraction of sp³-hybridized carbons (Fsp3) is 0.250. The number of benzene rings is 3. The molecule has 1 amide bonds. The van der Waals surface area contributed by atoms with Crippen LogP contribution in [0.5, 0.6) is 0 Å². The molecule has 2 N–H and O–H groups in total. The summed E-state index contributed by atoms with van der Waals surface area (Å²) >= 11 is 0. The summed E-state index contributed by atoms with van der Waals surface area (Å²) in [7, 11) is -3.88. The van der Waals surface area contributed by atoms with Crippen LogP contribution in [0.25, 0.3) is 21.7 Å². The van der Waals surface area contributed by atoms with Crippen molar-refractivity contribution >= 4 is 43.1 Å². The number of para-hydroxylation sites is 1. The smallest absolute Gasteiger partial charge is 0.226 e. The Morgan fingerprint density at radius 3 is 2.44 bits per heavy atom. The Hall–Kier alpha value is -3.23. The Kier molecular flexibility index (Phi) is 6.25. The summed E-state index contributed by atoms with van der Waals surface area (Å²) in [5.41, 5.74) is 1.00. The van der Waals surface area contributed by atoms with Gasteiger partial charge in [-0.15, -0.1) is 0 Å². The van der Waals surface area contributed by atoms with Gasteiger partial charge >= 0.3 is 0 Å². The van der Waals surface area contributed by atoms with E-state index in [1.54, 1.807) is 36.4 Å². The molecule has 1 heterocycles. The molecule has 0 radical (unpaired) electrons. The first-order valence-corrected chi connectivity index (χ1v) is 12.2. The van der Waals surface area contributed by atoms with Crippen molar-refractivity contribution in [2.75, 3.05) is 25.0 Å². The first kappa shape index (κ1) is 22.0. The predicted octanol–water partition coefficient (Wildman–Crippen LogP) is 4.22. The Morgan fingerprint density at radius 2 is 1.66 bits per heavy atom. The van der Waals surface area contributed by atoms with Crippen LogP contribution in [0, 0.1) is 0 Å². The maximum absolute atomic E-state index is 13.5. The minimum absolute atomic E-state index is 0.0527. The van der Waals surface area contributed by atoms with Crippen molar-refractivity contribution < 1.29 is 13.2 Å². The Morgan fingerprint density at radius 1 is 0.969 bits per heavy atom. The molecule has 32 heavy (non-hydrogen) atoms. The van der Waals surface area contributed by atoms with E-state index in [4.69, 9.17) is 0 Å². The fourth-order valence-electron chi connectivity index (χ4n) is 3.87. The molecule has 0 fully saturated rings. The van der Waals surface area contributed by atoms with Crippen LogP contribution in [0.3, 0.4) is 0 Å². The van der Waals surface area contributed by atoms with Gasteiger partial charge in [-0.3, -0.25) is 9.89 Å². The van der Waals surface area contributed by atoms with E-state index in [1.807, 2.05) is 24.3 Å². The first-order chi connectivity index (χ1) is 15.5. The summed E-state index contributed by atoms with van der Waals surface area (Å²) in [5.74, 6) is -0.127. The molecule has 0 aliphatic heterocycles. The average molecular weight is 451 g/mol. The maximum Gasteiger partial charge on any atom is 0.226 e. The third-order valence-corrected chi connectivity index (χ3v) is 7.44. The van der Waals surface area contributed by atoms with Crippen LogP contribution in [0.15, 0.2) is 70.6 Å². The number of carbonyl (C=O) groups is 1. The van der Waals surface area contributed by atoms with Crippen molar-refractivity contribution in [3.05, 3.63) is 60.7 Å². The molecule has 8 heteroatoms. The van der Waals surface area contributed by atoms with E-state index in [0.717, 1.165) is 18.5 Å². The topological polar surface area (TPSA) is 95.2 Å². The second kappa shape index (κ2) is 9.10. The number of rotatable bonds is 8. The van der Waals surface area contributed by atoms with Gasteiger partial charge in [-0.25, -0.2) is 8.42 Å². The number of anilines is 1. The van der Waals surface area contributed by atoms with Crippen molar-refractivity contribution in [1.82, 2.24) is 15.1 Å². The van der Waals surface area contributed by atoms with Crippen molar-refractivity contribution in [3.63, 3.8) is 0 Å². The zero-order valence-electron chi connectivity index (χ0n) is 18.1. The minimum atomic E-state index is -3.88. The van der Waals surface area contributed by atoms with Crippen LogP contribution in [-0.2, 0) is 14.6 Å². The Bertz CT molecular complexity index is 1370. The zero-order valence-corrected chi connectivity index (χ0v) is 18.9. The molecule has 0 spiro atoms. The van der Waals surface area contributed by atoms with Gasteiger partial charge in [0.15, 0.2) is 5.03 Å². The number of nitrogens with zero attached hydrogens (tertiary/aromatic N) is 2. The second-order valence-electron chi connectivity index (χ2n) is 7.56. The molecule has 1 aromatic heterocycles. The fourth-order valence-corrected chi connectivity index (χ4v) is 5.44. The number of hydrogen-bond acceptors (Lipinski definition) is 5. The lowest BCUT2D eigenvalue weighted by Crippen LogP contribution is -2.27. The summed E-state index contributed by atoms with van der Waals surface area (Å²) in [4.78, 5) is 14.9. The normalized spacial score (nSPS) is 12.0. The molecule has 4 rings (SSSR count). The van der Waals surface area contributed by atoms with E-state index in [2.05, 4.69) is 34.3 Å². The summed E-state index contributed by atoms with van der Waals surface area (Å²) in [6, 6.07) is 17.7. The SMILES string of the molecule is CCN(CC)CCC(=O)Nc1cccc2c(S(=O)(=O)c3cccc4ccccc34)n[nH]c12. The van der Waals surface area contributed by atoms with Gasteiger partial charge in [-0.05, 0) is 36.7 Å². The molecule has 166 valence electrons. The minimum Gasteiger partial charge on any atom is -0.324 e. The van der Waals surface area contributed by atoms with Crippen LogP contribution >= 0.6 is 0 Å². The van der Waals surface area contributed by atoms with E-state index in [1.165, 1.54) is 0 Å². The standard InChI is InChI=1S/C24H26N4O3S/c1-3-28(4-2)16-15-22(29)25-20-13-8-12-19-23(20)26-27-24(19)32(30,31)21-14-7-10-17-9-5-6-11-18(17)21/h5-14H,3-4,15-16H2,1-2H3,(H,25,29)(H,26,27). The number of amides is 1. The largest absolute Gasteiger partial charge is 0.324 e. The first-order valence-electron chi connectivity index (χ1n) is 10.7. The molecule has 0 aliphatic rings. The molecular weight excluding hydrogens is 424 g/mol. The molecular formula is C24H26N4O3S. The molecule has 0 atom stereocenters. The Balaban J connectivity index is 1.68. The van der Waals surface area contributed by atoms with Crippen LogP contribution < -0.4 is 5.32 Å². The number of aromatic nitrogens is 2. The lowest BCUT2D eigenvalue weighted by Gasteiger charge is -2.17. The molecule has 0 aliphatic carbocycles. The maximum atomic E-state index is 13.5. The molecule has 4 aromatic rings. The highest BCUT2D eigenvalue weighted by Gasteiger charge is 2.26. The molecule has 0 saturated carbocycles. The monoisotopic (exact) mass is 450 g/mol. The van der Waals surface area contributed by atoms with Gasteiger partial charge in [-0.1, -0.05) is 56.3 Å². The van der Waals surface area contributed by atoms with Crippen LogP contribution in [-0.4, -0.2) is 49.1 Å². The summed E-state index contributed by atoms with van der Waals surface area (Å²) in [6.45, 7) is 6.55. The van der Waals surface area contributed by atoms with Gasteiger partial charge < -0.3 is 10.2 Å². The Labute approximate surface area is 187 Å². The summed E-state index contributed by atoms with van der Waals surface area (Å²) < 4.78 is 27.0. The van der Waals surface area contributed by atoms with Gasteiger partial charge in [-0.2, -0.15) is 5.10 Å². The highest BCUT2D eigenvalue weighted by atomic mass is 32.2. The number of nitrogens with one attached hydrogen (secondary N) is 2. The molecule has 3 aromatic carbocycles. The quantitative estimate of drug-likeness (QED) is 0.419. The van der Waals surface area contributed by atoms with Gasteiger partial charge in [0.2, 0.25) is 15.7 Å². The molecule has 0 unspecified atom stereocenters. The number of carbonyl (C=O) groups excluding carboxylic acids is 1. The van der Waals surface area contributed by atoms with Crippen LogP contribution in [0.2, 0.25) is 0 Å². The molecule has 7 nitrogen and oxygen atoms in total. The van der Waals surface area contributed by atoms with E-state index in [-0.39, 0.29) is 15.8 Å². The summed E-state index contributed by atoms with van der Waals surface area (Å²) in [6.07, 6.45) is 0.355. The van der Waals surface area contributed by atoms with Crippen molar-refractivity contribution in [2.24, 2.45) is 0 Å². The van der Waals surface area contributed by atoms with E-state index < -0.39 is 9.84 Å². The highest BCUT2D eigenvalue weighted by Crippen LogP contribution is 2.33. The van der Waals surface area contributed by atoms with E-state index in [0.29, 0.717) is 34.9 Å². The van der Waals surface area contributed by atoms with E-state index in [9.17, 15) is 13.2 Å². The second-order valence-corrected chi connectivity index (χ2v) is 9.40. The number of fused-ring (bicyclic) bond motifs is 2. The van der Waals surface area contributed by atoms with Crippen LogP contribution in [0.1, 0.15) is 20.3 Å². The number of H-pyrrole nitrogens is 1. The lowest BCUT2D eigenvalue weighted by atomic mass is 10.1. The van der Waals surface area contributed by atoms with Gasteiger partial charge in [0.05, 0.1) is 16.1 Å². The number of sulfone groups is 1. The number of aromatic amines is 1. The van der Waals surface area contributed by atoms with Gasteiger partial charge in [0.1, 0.15) is 0 Å². The predicted molar refractivity (Wildman–Crippen MR) is 127 cm³/mol. The van der Waals surface area contributed by atoms with Crippen molar-refractivity contribution in [2.45, 2.75) is 30.2 Å². The molecule has 0 bridgehead atoms. The van der Waals surface area contributed by atoms with Crippen molar-refractivity contribution in [1.29, 1.82) is 0 Å². The molecule has 0 saturated heterocycles. The third-order valence-electron chi connectivity index (χ3n) is 5.68. The third kappa shape index (κ3) is 4.11. The van der Waals surface area contributed by atoms with Crippen LogP contribution in [0.4, 0.5) is 5.69 Å². The van der Waals surface area contributed by atoms with Crippen molar-refractivity contribution in [3.8, 4) is 0 Å². The lowest BCUT2D eigenvalue weighted by molar-refractivity contribution is -0.116. The highest BCUT2D eigenvalue weighted by molar-refractivity contribution is 7.91.